The van der Waals surface area contributed by atoms with Crippen molar-refractivity contribution in [2.45, 2.75) is 49.9 Å². The fraction of sp³-hybridized carbons (Fsp3) is 0.647. The summed E-state index contributed by atoms with van der Waals surface area (Å²) in [7, 11) is 0. The van der Waals surface area contributed by atoms with E-state index in [1.807, 2.05) is 17.8 Å². The van der Waals surface area contributed by atoms with Gasteiger partial charge in [0.15, 0.2) is 11.5 Å². The highest BCUT2D eigenvalue weighted by Crippen LogP contribution is 2.33. The maximum Gasteiger partial charge on any atom is 0.161 e. The molecule has 1 N–H and O–H groups in total. The highest BCUT2D eigenvalue weighted by molar-refractivity contribution is 7.99. The predicted molar refractivity (Wildman–Crippen MR) is 88.5 cm³/mol. The fourth-order valence-electron chi connectivity index (χ4n) is 3.24. The van der Waals surface area contributed by atoms with Crippen LogP contribution in [0.25, 0.3) is 0 Å². The molecule has 1 aliphatic heterocycles. The van der Waals surface area contributed by atoms with Crippen LogP contribution in [0, 0.1) is 0 Å². The Kier molecular flexibility index (Phi) is 4.96. The van der Waals surface area contributed by atoms with Gasteiger partial charge < -0.3 is 14.8 Å². The highest BCUT2D eigenvalue weighted by atomic mass is 32.2. The number of benzene rings is 1. The topological polar surface area (TPSA) is 30.5 Å². The van der Waals surface area contributed by atoms with E-state index in [0.29, 0.717) is 25.3 Å². The largest absolute Gasteiger partial charge is 0.486 e. The Hall–Kier alpha value is -0.870. The molecule has 21 heavy (non-hydrogen) atoms. The lowest BCUT2D eigenvalue weighted by molar-refractivity contribution is 0.171. The molecular formula is C17H25NO2S. The molecule has 116 valence electrons. The summed E-state index contributed by atoms with van der Waals surface area (Å²) >= 11 is 2.02. The minimum absolute atomic E-state index is 0.358. The predicted octanol–water partition coefficient (Wildman–Crippen LogP) is 3.78. The van der Waals surface area contributed by atoms with E-state index in [2.05, 4.69) is 30.6 Å². The van der Waals surface area contributed by atoms with Gasteiger partial charge >= 0.3 is 0 Å². The number of hydrogen-bond donors (Lipinski definition) is 1. The van der Waals surface area contributed by atoms with Gasteiger partial charge in [-0.15, -0.1) is 0 Å². The Labute approximate surface area is 131 Å². The van der Waals surface area contributed by atoms with Gasteiger partial charge in [0.2, 0.25) is 0 Å². The average molecular weight is 307 g/mol. The molecule has 0 spiro atoms. The van der Waals surface area contributed by atoms with Gasteiger partial charge in [0.1, 0.15) is 13.2 Å². The molecule has 0 radical (unpaired) electrons. The number of fused-ring (bicyclic) bond motifs is 1. The number of ether oxygens (including phenoxy) is 2. The van der Waals surface area contributed by atoms with Gasteiger partial charge in [0.25, 0.3) is 0 Å². The molecule has 1 aliphatic carbocycles. The van der Waals surface area contributed by atoms with Crippen LogP contribution in [0.3, 0.4) is 0 Å². The molecule has 1 heterocycles. The van der Waals surface area contributed by atoms with Gasteiger partial charge in [0.05, 0.1) is 0 Å². The third-order valence-electron chi connectivity index (χ3n) is 4.56. The summed E-state index contributed by atoms with van der Waals surface area (Å²) in [5.74, 6) is 1.76. The second-order valence-electron chi connectivity index (χ2n) is 6.00. The van der Waals surface area contributed by atoms with Crippen LogP contribution in [0.15, 0.2) is 18.2 Å². The molecule has 0 aromatic heterocycles. The molecule has 1 saturated carbocycles. The van der Waals surface area contributed by atoms with Crippen LogP contribution in [-0.2, 0) is 0 Å². The zero-order valence-corrected chi connectivity index (χ0v) is 13.7. The van der Waals surface area contributed by atoms with Gasteiger partial charge in [0, 0.05) is 17.3 Å². The van der Waals surface area contributed by atoms with Crippen molar-refractivity contribution in [2.75, 3.05) is 19.5 Å². The molecule has 1 unspecified atom stereocenters. The highest BCUT2D eigenvalue weighted by Gasteiger charge is 2.22. The normalized spacial score (nSPS) is 26.4. The molecule has 0 bridgehead atoms. The maximum absolute atomic E-state index is 5.68. The molecule has 1 atom stereocenters. The molecule has 1 fully saturated rings. The van der Waals surface area contributed by atoms with Crippen molar-refractivity contribution in [3.05, 3.63) is 23.8 Å². The molecule has 0 saturated heterocycles. The van der Waals surface area contributed by atoms with E-state index < -0.39 is 0 Å². The molecule has 1 aromatic rings. The summed E-state index contributed by atoms with van der Waals surface area (Å²) in [6, 6.07) is 7.32. The van der Waals surface area contributed by atoms with E-state index in [1.165, 1.54) is 31.2 Å². The summed E-state index contributed by atoms with van der Waals surface area (Å²) in [6.45, 7) is 3.54. The first-order valence-corrected chi connectivity index (χ1v) is 9.23. The van der Waals surface area contributed by atoms with Gasteiger partial charge in [-0.1, -0.05) is 6.07 Å². The van der Waals surface area contributed by atoms with Crippen LogP contribution >= 0.6 is 11.8 Å². The van der Waals surface area contributed by atoms with E-state index in [-0.39, 0.29) is 0 Å². The minimum atomic E-state index is 0.358. The Morgan fingerprint density at radius 2 is 1.81 bits per heavy atom. The minimum Gasteiger partial charge on any atom is -0.486 e. The van der Waals surface area contributed by atoms with Crippen molar-refractivity contribution in [1.29, 1.82) is 0 Å². The lowest BCUT2D eigenvalue weighted by atomic mass is 9.93. The smallest absolute Gasteiger partial charge is 0.161 e. The number of nitrogens with one attached hydrogen (secondary N) is 1. The Morgan fingerprint density at radius 1 is 1.10 bits per heavy atom. The summed E-state index contributed by atoms with van der Waals surface area (Å²) in [6.07, 6.45) is 7.50. The number of thioether (sulfide) groups is 1. The summed E-state index contributed by atoms with van der Waals surface area (Å²) in [5.41, 5.74) is 1.28. The molecule has 3 nitrogen and oxygen atoms in total. The van der Waals surface area contributed by atoms with Crippen molar-refractivity contribution in [2.24, 2.45) is 0 Å². The second-order valence-corrected chi connectivity index (χ2v) is 7.14. The third-order valence-corrected chi connectivity index (χ3v) is 5.70. The molecule has 4 heteroatoms. The molecular weight excluding hydrogens is 282 g/mol. The molecule has 0 amide bonds. The van der Waals surface area contributed by atoms with E-state index in [9.17, 15) is 0 Å². The van der Waals surface area contributed by atoms with Crippen molar-refractivity contribution < 1.29 is 9.47 Å². The van der Waals surface area contributed by atoms with Crippen molar-refractivity contribution in [3.63, 3.8) is 0 Å². The van der Waals surface area contributed by atoms with Crippen LogP contribution in [0.1, 0.15) is 44.2 Å². The lowest BCUT2D eigenvalue weighted by Crippen LogP contribution is -2.35. The van der Waals surface area contributed by atoms with E-state index >= 15 is 0 Å². The monoisotopic (exact) mass is 307 g/mol. The fourth-order valence-corrected chi connectivity index (χ4v) is 3.99. The summed E-state index contributed by atoms with van der Waals surface area (Å²) in [4.78, 5) is 0. The van der Waals surface area contributed by atoms with Crippen molar-refractivity contribution in [1.82, 2.24) is 5.32 Å². The van der Waals surface area contributed by atoms with Gasteiger partial charge in [-0.05, 0) is 56.6 Å². The van der Waals surface area contributed by atoms with Gasteiger partial charge in [-0.2, -0.15) is 11.8 Å². The van der Waals surface area contributed by atoms with Crippen LogP contribution in [-0.4, -0.2) is 30.8 Å². The maximum atomic E-state index is 5.68. The van der Waals surface area contributed by atoms with Crippen molar-refractivity contribution >= 4 is 11.8 Å². The number of hydrogen-bond acceptors (Lipinski definition) is 4. The summed E-state index contributed by atoms with van der Waals surface area (Å²) < 4.78 is 11.3. The SMILES string of the molecule is CSC1CCC(NC(C)c2ccc3c(c2)OCCO3)CC1. The Bertz CT molecular complexity index is 472. The molecule has 3 rings (SSSR count). The average Bonchev–Trinajstić information content (AvgIpc) is 2.55. The van der Waals surface area contributed by atoms with Crippen molar-refractivity contribution in [3.8, 4) is 11.5 Å². The van der Waals surface area contributed by atoms with Crippen LogP contribution in [0.5, 0.6) is 11.5 Å². The van der Waals surface area contributed by atoms with Crippen LogP contribution < -0.4 is 14.8 Å². The zero-order chi connectivity index (χ0) is 14.7. The number of rotatable bonds is 4. The standard InChI is InChI=1S/C17H25NO2S/c1-12(18-14-4-6-15(21-2)7-5-14)13-3-8-16-17(11-13)20-10-9-19-16/h3,8,11-12,14-15,18H,4-7,9-10H2,1-2H3. The van der Waals surface area contributed by atoms with Gasteiger partial charge in [-0.3, -0.25) is 0 Å². The first-order chi connectivity index (χ1) is 10.3. The quantitative estimate of drug-likeness (QED) is 0.917. The molecule has 2 aliphatic rings. The second kappa shape index (κ2) is 6.93. The van der Waals surface area contributed by atoms with Crippen LogP contribution in [0.4, 0.5) is 0 Å². The van der Waals surface area contributed by atoms with E-state index in [1.54, 1.807) is 0 Å². The Morgan fingerprint density at radius 3 is 2.52 bits per heavy atom. The van der Waals surface area contributed by atoms with E-state index in [4.69, 9.17) is 9.47 Å². The first-order valence-electron chi connectivity index (χ1n) is 7.94. The summed E-state index contributed by atoms with van der Waals surface area (Å²) in [5, 5.41) is 4.65. The third kappa shape index (κ3) is 3.67. The lowest BCUT2D eigenvalue weighted by Gasteiger charge is -2.31. The zero-order valence-electron chi connectivity index (χ0n) is 12.9. The molecule has 1 aromatic carbocycles. The Balaban J connectivity index is 1.59. The van der Waals surface area contributed by atoms with Gasteiger partial charge in [-0.25, -0.2) is 0 Å². The van der Waals surface area contributed by atoms with E-state index in [0.717, 1.165) is 16.7 Å². The van der Waals surface area contributed by atoms with Crippen LogP contribution in [0.2, 0.25) is 0 Å². The first kappa shape index (κ1) is 15.0.